The molecule has 100 valence electrons. The van der Waals surface area contributed by atoms with E-state index in [1.54, 1.807) is 19.2 Å². The van der Waals surface area contributed by atoms with E-state index in [1.807, 2.05) is 0 Å². The fourth-order valence-corrected chi connectivity index (χ4v) is 1.51. The van der Waals surface area contributed by atoms with Crippen LogP contribution in [-0.2, 0) is 13.2 Å². The van der Waals surface area contributed by atoms with Gasteiger partial charge in [-0.05, 0) is 24.1 Å². The molecule has 0 spiro atoms. The maximum atomic E-state index is 13.2. The lowest BCUT2D eigenvalue weighted by atomic mass is 10.1. The van der Waals surface area contributed by atoms with Gasteiger partial charge in [-0.15, -0.1) is 0 Å². The topological polar surface area (TPSA) is 56.7 Å². The molecule has 0 aliphatic rings. The second kappa shape index (κ2) is 7.66. The van der Waals surface area contributed by atoms with Crippen LogP contribution in [0.4, 0.5) is 4.39 Å². The van der Waals surface area contributed by atoms with Crippen molar-refractivity contribution in [3.63, 3.8) is 0 Å². The molecule has 1 rings (SSSR count). The molecule has 0 aliphatic carbocycles. The molecule has 0 saturated heterocycles. The number of rotatable bonds is 5. The molecule has 1 aromatic carbocycles. The number of nitrogens with one attached hydrogen (secondary N) is 2. The molecule has 0 unspecified atom stereocenters. The van der Waals surface area contributed by atoms with Crippen molar-refractivity contribution < 1.29 is 9.50 Å². The van der Waals surface area contributed by atoms with Gasteiger partial charge in [0.15, 0.2) is 5.96 Å². The Morgan fingerprint density at radius 1 is 1.39 bits per heavy atom. The predicted octanol–water partition coefficient (Wildman–Crippen LogP) is 1.39. The van der Waals surface area contributed by atoms with E-state index < -0.39 is 0 Å². The number of benzene rings is 1. The number of aliphatic hydroxyl groups excluding tert-OH is 1. The number of aliphatic hydroxyl groups is 1. The summed E-state index contributed by atoms with van der Waals surface area (Å²) in [5.74, 6) is 0.335. The maximum Gasteiger partial charge on any atom is 0.191 e. The number of hydrogen-bond donors (Lipinski definition) is 3. The summed E-state index contributed by atoms with van der Waals surface area (Å²) in [4.78, 5) is 4.07. The van der Waals surface area contributed by atoms with Gasteiger partial charge in [-0.25, -0.2) is 4.39 Å². The highest BCUT2D eigenvalue weighted by Crippen LogP contribution is 2.10. The average molecular weight is 253 g/mol. The summed E-state index contributed by atoms with van der Waals surface area (Å²) in [6.45, 7) is 3.18. The molecule has 0 aromatic heterocycles. The molecular weight excluding hydrogens is 233 g/mol. The van der Waals surface area contributed by atoms with Crippen LogP contribution in [0.5, 0.6) is 0 Å². The van der Waals surface area contributed by atoms with E-state index >= 15 is 0 Å². The molecule has 0 fully saturated rings. The van der Waals surface area contributed by atoms with Crippen molar-refractivity contribution in [1.29, 1.82) is 0 Å². The second-order valence-corrected chi connectivity index (χ2v) is 3.94. The molecule has 0 atom stereocenters. The SMILES string of the molecule is CCCNC(=NC)NCc1ccc(F)c(CO)c1. The van der Waals surface area contributed by atoms with E-state index in [2.05, 4.69) is 22.5 Å². The van der Waals surface area contributed by atoms with E-state index in [0.717, 1.165) is 18.5 Å². The summed E-state index contributed by atoms with van der Waals surface area (Å²) in [7, 11) is 1.70. The first kappa shape index (κ1) is 14.4. The Labute approximate surface area is 107 Å². The standard InChI is InChI=1S/C13H20FN3O/c1-3-6-16-13(15-2)17-8-10-4-5-12(14)11(7-10)9-18/h4-5,7,18H,3,6,8-9H2,1-2H3,(H2,15,16,17). The van der Waals surface area contributed by atoms with Crippen LogP contribution in [0.1, 0.15) is 24.5 Å². The van der Waals surface area contributed by atoms with Crippen LogP contribution in [0.2, 0.25) is 0 Å². The van der Waals surface area contributed by atoms with Gasteiger partial charge in [0.2, 0.25) is 0 Å². The average Bonchev–Trinajstić information content (AvgIpc) is 2.40. The minimum absolute atomic E-state index is 0.289. The number of hydrogen-bond acceptors (Lipinski definition) is 2. The van der Waals surface area contributed by atoms with Gasteiger partial charge in [0, 0.05) is 25.7 Å². The highest BCUT2D eigenvalue weighted by atomic mass is 19.1. The third-order valence-electron chi connectivity index (χ3n) is 2.51. The number of aliphatic imine (C=N–C) groups is 1. The molecular formula is C13H20FN3O. The normalized spacial score (nSPS) is 11.4. The summed E-state index contributed by atoms with van der Waals surface area (Å²) in [6.07, 6.45) is 1.02. The van der Waals surface area contributed by atoms with E-state index in [9.17, 15) is 4.39 Å². The quantitative estimate of drug-likeness (QED) is 0.549. The molecule has 0 radical (unpaired) electrons. The fourth-order valence-electron chi connectivity index (χ4n) is 1.51. The van der Waals surface area contributed by atoms with E-state index in [1.165, 1.54) is 6.07 Å². The van der Waals surface area contributed by atoms with Gasteiger partial charge >= 0.3 is 0 Å². The van der Waals surface area contributed by atoms with E-state index in [0.29, 0.717) is 18.1 Å². The Balaban J connectivity index is 2.57. The van der Waals surface area contributed by atoms with Gasteiger partial charge in [0.05, 0.1) is 6.61 Å². The molecule has 3 N–H and O–H groups in total. The van der Waals surface area contributed by atoms with Gasteiger partial charge in [-0.2, -0.15) is 0 Å². The van der Waals surface area contributed by atoms with Crippen LogP contribution in [-0.4, -0.2) is 24.7 Å². The molecule has 0 heterocycles. The van der Waals surface area contributed by atoms with Gasteiger partial charge in [-0.3, -0.25) is 4.99 Å². The van der Waals surface area contributed by atoms with Crippen LogP contribution < -0.4 is 10.6 Å². The van der Waals surface area contributed by atoms with Crippen molar-refractivity contribution in [2.45, 2.75) is 26.5 Å². The molecule has 1 aromatic rings. The fraction of sp³-hybridized carbons (Fsp3) is 0.462. The maximum absolute atomic E-state index is 13.2. The Morgan fingerprint density at radius 2 is 2.17 bits per heavy atom. The predicted molar refractivity (Wildman–Crippen MR) is 70.8 cm³/mol. The van der Waals surface area contributed by atoms with E-state index in [-0.39, 0.29) is 12.4 Å². The Bertz CT molecular complexity index is 407. The van der Waals surface area contributed by atoms with Gasteiger partial charge in [-0.1, -0.05) is 13.0 Å². The monoisotopic (exact) mass is 253 g/mol. The van der Waals surface area contributed by atoms with Gasteiger partial charge in [0.1, 0.15) is 5.82 Å². The van der Waals surface area contributed by atoms with Crippen LogP contribution in [0.25, 0.3) is 0 Å². The second-order valence-electron chi connectivity index (χ2n) is 3.94. The number of guanidine groups is 1. The number of halogens is 1. The zero-order valence-electron chi connectivity index (χ0n) is 10.8. The van der Waals surface area contributed by atoms with Crippen molar-refractivity contribution in [2.75, 3.05) is 13.6 Å². The van der Waals surface area contributed by atoms with Crippen molar-refractivity contribution in [1.82, 2.24) is 10.6 Å². The lowest BCUT2D eigenvalue weighted by Gasteiger charge is -2.11. The Kier molecular flexibility index (Phi) is 6.14. The molecule has 0 aliphatic heterocycles. The lowest BCUT2D eigenvalue weighted by molar-refractivity contribution is 0.275. The first-order chi connectivity index (χ1) is 8.71. The van der Waals surface area contributed by atoms with Gasteiger partial charge in [0.25, 0.3) is 0 Å². The summed E-state index contributed by atoms with van der Waals surface area (Å²) in [5, 5.41) is 15.3. The Hall–Kier alpha value is -1.62. The van der Waals surface area contributed by atoms with Crippen LogP contribution in [0, 0.1) is 5.82 Å². The van der Waals surface area contributed by atoms with Crippen LogP contribution in [0.3, 0.4) is 0 Å². The molecule has 0 saturated carbocycles. The van der Waals surface area contributed by atoms with Gasteiger partial charge < -0.3 is 15.7 Å². The molecule has 0 amide bonds. The first-order valence-electron chi connectivity index (χ1n) is 6.04. The minimum Gasteiger partial charge on any atom is -0.392 e. The van der Waals surface area contributed by atoms with Crippen molar-refractivity contribution in [3.8, 4) is 0 Å². The summed E-state index contributed by atoms with van der Waals surface area (Å²) >= 11 is 0. The summed E-state index contributed by atoms with van der Waals surface area (Å²) in [6, 6.07) is 4.70. The molecule has 18 heavy (non-hydrogen) atoms. The van der Waals surface area contributed by atoms with Crippen LogP contribution in [0.15, 0.2) is 23.2 Å². The lowest BCUT2D eigenvalue weighted by Crippen LogP contribution is -2.37. The smallest absolute Gasteiger partial charge is 0.191 e. The van der Waals surface area contributed by atoms with E-state index in [4.69, 9.17) is 5.11 Å². The molecule has 0 bridgehead atoms. The molecule has 5 heteroatoms. The third kappa shape index (κ3) is 4.33. The first-order valence-corrected chi connectivity index (χ1v) is 6.04. The van der Waals surface area contributed by atoms with Crippen LogP contribution >= 0.6 is 0 Å². The summed E-state index contributed by atoms with van der Waals surface area (Å²) in [5.41, 5.74) is 1.21. The highest BCUT2D eigenvalue weighted by Gasteiger charge is 2.03. The zero-order valence-corrected chi connectivity index (χ0v) is 10.8. The zero-order chi connectivity index (χ0) is 13.4. The highest BCUT2D eigenvalue weighted by molar-refractivity contribution is 5.79. The number of nitrogens with zero attached hydrogens (tertiary/aromatic N) is 1. The van der Waals surface area contributed by atoms with Crippen molar-refractivity contribution >= 4 is 5.96 Å². The molecule has 4 nitrogen and oxygen atoms in total. The Morgan fingerprint density at radius 3 is 2.78 bits per heavy atom. The van der Waals surface area contributed by atoms with Crippen molar-refractivity contribution in [2.24, 2.45) is 4.99 Å². The minimum atomic E-state index is -0.380. The summed E-state index contributed by atoms with van der Waals surface area (Å²) < 4.78 is 13.2. The largest absolute Gasteiger partial charge is 0.392 e. The third-order valence-corrected chi connectivity index (χ3v) is 2.51. The van der Waals surface area contributed by atoms with Crippen molar-refractivity contribution in [3.05, 3.63) is 35.1 Å².